The number of carbonyl (C=O) groups is 2. The molecule has 266 valence electrons. The highest BCUT2D eigenvalue weighted by atomic mass is 16.6. The molecule has 8 heteroatoms. The molecule has 0 aliphatic carbocycles. The molecule has 51 heavy (non-hydrogen) atoms. The standard InChI is InChI=1S/C43H48N2O6/c1-7-10-19-42(4,5)39-35-34(40(48)51-39)37(50-41(35)49)36-30(15-20-46)24-32(44-36)28-13-11-27-23-29(14-12-26(27)22-28)33-25-31(16-21-47)38(45-33)43(6,17-8-2)18-9-3/h7-8,11-14,22-25,44-47H,1-2,9-10,15-21H2,3-6H3. The summed E-state index contributed by atoms with van der Waals surface area (Å²) in [6, 6.07) is 16.6. The van der Waals surface area contributed by atoms with Crippen molar-refractivity contribution in [2.24, 2.45) is 5.41 Å². The maximum Gasteiger partial charge on any atom is 0.348 e. The van der Waals surface area contributed by atoms with E-state index in [1.165, 1.54) is 0 Å². The Bertz CT molecular complexity index is 2090. The number of aliphatic hydroxyl groups excluding tert-OH is 2. The van der Waals surface area contributed by atoms with Gasteiger partial charge in [0.15, 0.2) is 5.76 Å². The van der Waals surface area contributed by atoms with Crippen molar-refractivity contribution >= 4 is 28.5 Å². The molecular formula is C43H48N2O6. The molecule has 4 N–H and O–H groups in total. The zero-order chi connectivity index (χ0) is 36.5. The van der Waals surface area contributed by atoms with E-state index in [9.17, 15) is 19.8 Å². The van der Waals surface area contributed by atoms with Crippen LogP contribution in [0.15, 0.2) is 90.7 Å². The lowest BCUT2D eigenvalue weighted by atomic mass is 9.77. The predicted molar refractivity (Wildman–Crippen MR) is 202 cm³/mol. The Labute approximate surface area is 299 Å². The van der Waals surface area contributed by atoms with Crippen LogP contribution in [-0.4, -0.2) is 45.3 Å². The number of aromatic nitrogens is 2. The van der Waals surface area contributed by atoms with Crippen LogP contribution in [0.4, 0.5) is 0 Å². The van der Waals surface area contributed by atoms with Crippen molar-refractivity contribution in [2.75, 3.05) is 13.2 Å². The van der Waals surface area contributed by atoms with E-state index in [0.717, 1.165) is 69.4 Å². The van der Waals surface area contributed by atoms with Crippen LogP contribution in [0.2, 0.25) is 0 Å². The molecule has 8 nitrogen and oxygen atoms in total. The minimum Gasteiger partial charge on any atom is -0.426 e. The molecule has 1 atom stereocenters. The highest BCUT2D eigenvalue weighted by molar-refractivity contribution is 6.20. The maximum atomic E-state index is 13.2. The molecule has 6 rings (SSSR count). The summed E-state index contributed by atoms with van der Waals surface area (Å²) in [7, 11) is 0. The average Bonchev–Trinajstić information content (AvgIpc) is 3.88. The second-order valence-corrected chi connectivity index (χ2v) is 14.6. The molecule has 0 amide bonds. The molecule has 0 spiro atoms. The van der Waals surface area contributed by atoms with Gasteiger partial charge < -0.3 is 29.7 Å². The number of allylic oxidation sites excluding steroid dienone is 3. The molecule has 4 heterocycles. The molecule has 4 aromatic rings. The van der Waals surface area contributed by atoms with Crippen LogP contribution in [0.25, 0.3) is 39.0 Å². The van der Waals surface area contributed by atoms with Crippen LogP contribution in [0.3, 0.4) is 0 Å². The highest BCUT2D eigenvalue weighted by Crippen LogP contribution is 2.48. The van der Waals surface area contributed by atoms with Crippen LogP contribution in [-0.2, 0) is 37.3 Å². The summed E-state index contributed by atoms with van der Waals surface area (Å²) in [5.41, 5.74) is 6.84. The molecule has 2 aromatic carbocycles. The number of H-pyrrole nitrogens is 2. The number of fused-ring (bicyclic) bond motifs is 2. The minimum absolute atomic E-state index is 0.0832. The fourth-order valence-electron chi connectivity index (χ4n) is 7.70. The van der Waals surface area contributed by atoms with E-state index in [4.69, 9.17) is 9.47 Å². The number of aromatic amines is 2. The van der Waals surface area contributed by atoms with Gasteiger partial charge in [0.2, 0.25) is 0 Å². The Kier molecular flexibility index (Phi) is 10.1. The summed E-state index contributed by atoms with van der Waals surface area (Å²) in [6.45, 7) is 16.1. The smallest absolute Gasteiger partial charge is 0.348 e. The number of aliphatic hydroxyl groups is 2. The first-order valence-corrected chi connectivity index (χ1v) is 17.8. The number of esters is 2. The summed E-state index contributed by atoms with van der Waals surface area (Å²) < 4.78 is 11.5. The Morgan fingerprint density at radius 2 is 1.37 bits per heavy atom. The van der Waals surface area contributed by atoms with Gasteiger partial charge in [-0.25, -0.2) is 9.59 Å². The zero-order valence-electron chi connectivity index (χ0n) is 30.1. The number of nitrogens with one attached hydrogen (secondary N) is 2. The quantitative estimate of drug-likeness (QED) is 0.0690. The second kappa shape index (κ2) is 14.4. The monoisotopic (exact) mass is 688 g/mol. The fourth-order valence-corrected chi connectivity index (χ4v) is 7.70. The summed E-state index contributed by atoms with van der Waals surface area (Å²) in [5.74, 6) is -0.786. The van der Waals surface area contributed by atoms with E-state index >= 15 is 0 Å². The zero-order valence-corrected chi connectivity index (χ0v) is 30.1. The second-order valence-electron chi connectivity index (χ2n) is 14.6. The van der Waals surface area contributed by atoms with E-state index in [2.05, 4.69) is 73.4 Å². The number of ether oxygens (including phenoxy) is 2. The van der Waals surface area contributed by atoms with E-state index in [1.54, 1.807) is 6.08 Å². The van der Waals surface area contributed by atoms with Crippen molar-refractivity contribution in [3.8, 4) is 22.5 Å². The van der Waals surface area contributed by atoms with Gasteiger partial charge in [0.05, 0.1) is 5.69 Å². The molecule has 0 fully saturated rings. The van der Waals surface area contributed by atoms with Crippen molar-refractivity contribution in [1.82, 2.24) is 9.97 Å². The van der Waals surface area contributed by atoms with Gasteiger partial charge in [-0.15, -0.1) is 13.2 Å². The Morgan fingerprint density at radius 3 is 1.98 bits per heavy atom. The first-order valence-electron chi connectivity index (χ1n) is 17.8. The molecular weight excluding hydrogens is 640 g/mol. The van der Waals surface area contributed by atoms with Gasteiger partial charge in [-0.2, -0.15) is 0 Å². The van der Waals surface area contributed by atoms with Crippen molar-refractivity contribution in [3.63, 3.8) is 0 Å². The van der Waals surface area contributed by atoms with Gasteiger partial charge in [0, 0.05) is 41.1 Å². The van der Waals surface area contributed by atoms with Gasteiger partial charge >= 0.3 is 11.9 Å². The van der Waals surface area contributed by atoms with E-state index in [1.807, 2.05) is 32.1 Å². The largest absolute Gasteiger partial charge is 0.426 e. The number of carbonyl (C=O) groups excluding carboxylic acids is 2. The fraction of sp³-hybridized carbons (Fsp3) is 0.349. The Hall–Kier alpha value is -4.92. The molecule has 0 saturated carbocycles. The highest BCUT2D eigenvalue weighted by Gasteiger charge is 2.49. The van der Waals surface area contributed by atoms with E-state index in [-0.39, 0.29) is 35.5 Å². The van der Waals surface area contributed by atoms with E-state index in [0.29, 0.717) is 37.1 Å². The first-order chi connectivity index (χ1) is 24.5. The van der Waals surface area contributed by atoms with Crippen LogP contribution in [0, 0.1) is 5.41 Å². The first kappa shape index (κ1) is 35.9. The maximum absolute atomic E-state index is 13.2. The molecule has 1 unspecified atom stereocenters. The van der Waals surface area contributed by atoms with Gasteiger partial charge in [-0.3, -0.25) is 0 Å². The van der Waals surface area contributed by atoms with Crippen LogP contribution in [0.1, 0.15) is 82.3 Å². The lowest BCUT2D eigenvalue weighted by Crippen LogP contribution is -2.23. The van der Waals surface area contributed by atoms with Crippen molar-refractivity contribution in [3.05, 3.63) is 113 Å². The lowest BCUT2D eigenvalue weighted by Gasteiger charge is -2.29. The molecule has 0 bridgehead atoms. The van der Waals surface area contributed by atoms with Gasteiger partial charge in [-0.1, -0.05) is 70.5 Å². The third kappa shape index (κ3) is 6.66. The molecule has 2 aromatic heterocycles. The summed E-state index contributed by atoms with van der Waals surface area (Å²) >= 11 is 0. The third-order valence-electron chi connectivity index (χ3n) is 10.3. The Balaban J connectivity index is 1.36. The van der Waals surface area contributed by atoms with Crippen LogP contribution >= 0.6 is 0 Å². The lowest BCUT2D eigenvalue weighted by molar-refractivity contribution is -0.134. The Morgan fingerprint density at radius 1 is 0.765 bits per heavy atom. The van der Waals surface area contributed by atoms with E-state index < -0.39 is 17.4 Å². The normalized spacial score (nSPS) is 15.7. The number of benzene rings is 2. The van der Waals surface area contributed by atoms with Gasteiger partial charge in [0.25, 0.3) is 0 Å². The summed E-state index contributed by atoms with van der Waals surface area (Å²) in [6.07, 6.45) is 8.90. The molecule has 2 aliphatic rings. The molecule has 2 aliphatic heterocycles. The van der Waals surface area contributed by atoms with Crippen LogP contribution in [0.5, 0.6) is 0 Å². The summed E-state index contributed by atoms with van der Waals surface area (Å²) in [5, 5.41) is 21.9. The van der Waals surface area contributed by atoms with Crippen LogP contribution < -0.4 is 0 Å². The SMILES string of the molecule is C=CCCC(C)(C)C1=C2C(=O)OC(c3[nH]c(-c4ccc5cc(-c6cc(CCO)c(C(C)(CC=C)CCC)[nH]6)ccc5c4)cc3CCO)=C2C(=O)O1. The number of rotatable bonds is 16. The van der Waals surface area contributed by atoms with Gasteiger partial charge in [-0.05, 0) is 95.8 Å². The summed E-state index contributed by atoms with van der Waals surface area (Å²) in [4.78, 5) is 33.6. The minimum atomic E-state index is -0.617. The average molecular weight is 689 g/mol. The topological polar surface area (TPSA) is 125 Å². The van der Waals surface area contributed by atoms with Crippen molar-refractivity contribution in [2.45, 2.75) is 78.1 Å². The third-order valence-corrected chi connectivity index (χ3v) is 10.3. The van der Waals surface area contributed by atoms with Crippen molar-refractivity contribution < 1.29 is 29.3 Å². The van der Waals surface area contributed by atoms with Crippen molar-refractivity contribution in [1.29, 1.82) is 0 Å². The number of hydrogen-bond acceptors (Lipinski definition) is 6. The predicted octanol–water partition coefficient (Wildman–Crippen LogP) is 8.60. The molecule has 0 radical (unpaired) electrons. The number of cyclic esters (lactones) is 2. The van der Waals surface area contributed by atoms with Gasteiger partial charge in [0.1, 0.15) is 16.9 Å². The number of hydrogen-bond donors (Lipinski definition) is 4. The molecule has 0 saturated heterocycles.